The molecule has 8 heteroatoms. The van der Waals surface area contributed by atoms with Crippen molar-refractivity contribution in [2.75, 3.05) is 13.1 Å². The summed E-state index contributed by atoms with van der Waals surface area (Å²) in [5, 5.41) is 21.4. The summed E-state index contributed by atoms with van der Waals surface area (Å²) in [5.41, 5.74) is -3.90. The molecule has 188 valence electrons. The summed E-state index contributed by atoms with van der Waals surface area (Å²) in [6, 6.07) is 12.9. The third kappa shape index (κ3) is 4.30. The number of amides is 1. The van der Waals surface area contributed by atoms with E-state index in [0.29, 0.717) is 16.3 Å². The normalized spacial score (nSPS) is 22.9. The summed E-state index contributed by atoms with van der Waals surface area (Å²) in [5.74, 6) is -1.14. The first-order chi connectivity index (χ1) is 18.5. The Morgan fingerprint density at radius 2 is 1.92 bits per heavy atom. The number of fused-ring (bicyclic) bond motifs is 1. The Labute approximate surface area is 219 Å². The first kappa shape index (κ1) is 20.2. The van der Waals surface area contributed by atoms with Gasteiger partial charge >= 0.3 is 0 Å². The molecule has 2 N–H and O–H groups in total. The molecule has 0 saturated heterocycles. The number of ether oxygens (including phenoxy) is 1. The molecule has 1 aromatic heterocycles. The largest absolute Gasteiger partial charge is 0.396 e. The summed E-state index contributed by atoms with van der Waals surface area (Å²) < 4.78 is 54.2. The minimum Gasteiger partial charge on any atom is -0.396 e. The molecule has 0 radical (unpaired) electrons. The minimum absolute atomic E-state index is 0.000180. The van der Waals surface area contributed by atoms with Gasteiger partial charge in [-0.1, -0.05) is 35.9 Å². The van der Waals surface area contributed by atoms with Gasteiger partial charge in [0.15, 0.2) is 5.72 Å². The van der Waals surface area contributed by atoms with Crippen LogP contribution in [0, 0.1) is 11.2 Å². The number of aromatic nitrogens is 1. The van der Waals surface area contributed by atoms with Crippen molar-refractivity contribution in [1.82, 2.24) is 9.88 Å². The fraction of sp³-hybridized carbons (Fsp3) is 0.357. The highest BCUT2D eigenvalue weighted by molar-refractivity contribution is 6.30. The van der Waals surface area contributed by atoms with Gasteiger partial charge < -0.3 is 14.9 Å². The zero-order chi connectivity index (χ0) is 29.3. The molecule has 1 aliphatic carbocycles. The maximum absolute atomic E-state index is 14.1. The van der Waals surface area contributed by atoms with Gasteiger partial charge in [0.25, 0.3) is 5.91 Å². The molecule has 6 nitrogen and oxygen atoms in total. The zero-order valence-electron chi connectivity index (χ0n) is 23.8. The maximum Gasteiger partial charge on any atom is 0.257 e. The van der Waals surface area contributed by atoms with Crippen molar-refractivity contribution in [3.63, 3.8) is 0 Å². The van der Waals surface area contributed by atoms with E-state index < -0.39 is 41.6 Å². The number of hydrogen-bond donors (Lipinski definition) is 2. The van der Waals surface area contributed by atoms with E-state index in [9.17, 15) is 19.4 Å². The standard InChI is InChI=1S/C28H28ClFN2O4/c1-26(2,35)19-5-10-24-23(13-19)25(34)32(15-22-9-6-20(29)14-31-22)28(24,18-3-7-21(30)8-4-18)36-17-27(16-33)11-12-27/h3-10,13-14,33,35H,11-12,15-17H2,1-2H3/t28-/m1/s1/i16D2,17D2. The lowest BCUT2D eigenvalue weighted by atomic mass is 9.89. The van der Waals surface area contributed by atoms with Gasteiger partial charge in [0.05, 0.1) is 41.5 Å². The smallest absolute Gasteiger partial charge is 0.257 e. The molecular formula is C28H28ClFN2O4. The van der Waals surface area contributed by atoms with Crippen LogP contribution in [0.3, 0.4) is 0 Å². The number of carbonyl (C=O) groups excluding carboxylic acids is 1. The van der Waals surface area contributed by atoms with Crippen molar-refractivity contribution >= 4 is 17.5 Å². The molecule has 2 aliphatic rings. The average Bonchev–Trinajstić information content (AvgIpc) is 3.67. The molecule has 5 rings (SSSR count). The van der Waals surface area contributed by atoms with Crippen LogP contribution >= 0.6 is 11.6 Å². The highest BCUT2D eigenvalue weighted by Gasteiger charge is 2.55. The maximum atomic E-state index is 14.1. The van der Waals surface area contributed by atoms with E-state index in [1.165, 1.54) is 29.3 Å². The number of aliphatic hydroxyl groups is 2. The molecule has 1 atom stereocenters. The van der Waals surface area contributed by atoms with Crippen molar-refractivity contribution in [3.8, 4) is 0 Å². The van der Waals surface area contributed by atoms with Crippen LogP contribution in [-0.4, -0.2) is 39.1 Å². The Bertz CT molecular complexity index is 1460. The van der Waals surface area contributed by atoms with Crippen molar-refractivity contribution in [1.29, 1.82) is 0 Å². The van der Waals surface area contributed by atoms with Gasteiger partial charge in [0.2, 0.25) is 0 Å². The predicted molar refractivity (Wildman–Crippen MR) is 133 cm³/mol. The van der Waals surface area contributed by atoms with E-state index in [4.69, 9.17) is 21.8 Å². The number of halogens is 2. The number of benzene rings is 2. The molecule has 1 amide bonds. The van der Waals surface area contributed by atoms with Crippen LogP contribution < -0.4 is 0 Å². The minimum atomic E-state index is -2.93. The monoisotopic (exact) mass is 514 g/mol. The van der Waals surface area contributed by atoms with E-state index in [1.807, 2.05) is 0 Å². The van der Waals surface area contributed by atoms with Crippen LogP contribution in [0.1, 0.15) is 64.9 Å². The second-order valence-electron chi connectivity index (χ2n) is 9.73. The molecule has 1 fully saturated rings. The average molecular weight is 515 g/mol. The van der Waals surface area contributed by atoms with Crippen LogP contribution in [0.25, 0.3) is 0 Å². The number of pyridine rings is 1. The topological polar surface area (TPSA) is 82.9 Å². The van der Waals surface area contributed by atoms with Crippen LogP contribution in [0.2, 0.25) is 5.02 Å². The van der Waals surface area contributed by atoms with Gasteiger partial charge in [-0.05, 0) is 62.6 Å². The highest BCUT2D eigenvalue weighted by Crippen LogP contribution is 2.51. The summed E-state index contributed by atoms with van der Waals surface area (Å²) in [4.78, 5) is 19.7. The molecule has 2 heterocycles. The number of carbonyl (C=O) groups is 1. The zero-order valence-corrected chi connectivity index (χ0v) is 20.5. The second-order valence-corrected chi connectivity index (χ2v) is 10.2. The molecule has 3 aromatic rings. The van der Waals surface area contributed by atoms with Gasteiger partial charge in [-0.3, -0.25) is 14.7 Å². The number of nitrogens with zero attached hydrogens (tertiary/aromatic N) is 2. The fourth-order valence-electron chi connectivity index (χ4n) is 4.37. The quantitative estimate of drug-likeness (QED) is 0.453. The molecule has 0 unspecified atom stereocenters. The lowest BCUT2D eigenvalue weighted by Crippen LogP contribution is -2.47. The number of hydrogen-bond acceptors (Lipinski definition) is 5. The second kappa shape index (κ2) is 8.92. The summed E-state index contributed by atoms with van der Waals surface area (Å²) in [6.45, 7) is -2.80. The Hall–Kier alpha value is -2.84. The van der Waals surface area contributed by atoms with E-state index >= 15 is 0 Å². The van der Waals surface area contributed by atoms with Gasteiger partial charge in [-0.15, -0.1) is 0 Å². The van der Waals surface area contributed by atoms with Crippen molar-refractivity contribution < 1.29 is 29.6 Å². The van der Waals surface area contributed by atoms with Gasteiger partial charge in [0, 0.05) is 28.3 Å². The Morgan fingerprint density at radius 3 is 2.50 bits per heavy atom. The van der Waals surface area contributed by atoms with Crippen molar-refractivity contribution in [2.45, 2.75) is 44.6 Å². The summed E-state index contributed by atoms with van der Waals surface area (Å²) >= 11 is 6.01. The van der Waals surface area contributed by atoms with E-state index in [-0.39, 0.29) is 36.1 Å². The van der Waals surface area contributed by atoms with Crippen LogP contribution in [0.4, 0.5) is 4.39 Å². The third-order valence-corrected chi connectivity index (χ3v) is 6.87. The molecule has 36 heavy (non-hydrogen) atoms. The van der Waals surface area contributed by atoms with E-state index in [0.717, 1.165) is 12.1 Å². The van der Waals surface area contributed by atoms with Gasteiger partial charge in [-0.25, -0.2) is 4.39 Å². The lowest BCUT2D eigenvalue weighted by Gasteiger charge is -2.40. The SMILES string of the molecule is [2H]C([2H])(O)C1(C([2H])([2H])O[C@]2(c3ccc(F)cc3)c3ccc(C(C)(C)O)cc3C(=O)N2Cc2ccc(Cl)cn2)CC1. The summed E-state index contributed by atoms with van der Waals surface area (Å²) in [6.07, 6.45) is 1.40. The molecule has 0 spiro atoms. The molecule has 1 saturated carbocycles. The lowest BCUT2D eigenvalue weighted by molar-refractivity contribution is -0.129. The van der Waals surface area contributed by atoms with Crippen LogP contribution in [0.15, 0.2) is 60.8 Å². The Kier molecular flexibility index (Phi) is 5.02. The van der Waals surface area contributed by atoms with Crippen molar-refractivity contribution in [3.05, 3.63) is 99.6 Å². The molecule has 1 aliphatic heterocycles. The third-order valence-electron chi connectivity index (χ3n) is 6.65. The predicted octanol–water partition coefficient (Wildman–Crippen LogP) is 4.75. The van der Waals surface area contributed by atoms with Crippen molar-refractivity contribution in [2.24, 2.45) is 5.41 Å². The van der Waals surface area contributed by atoms with E-state index in [1.54, 1.807) is 38.1 Å². The highest BCUT2D eigenvalue weighted by atomic mass is 35.5. The number of rotatable bonds is 8. The van der Waals surface area contributed by atoms with Crippen LogP contribution in [-0.2, 0) is 22.6 Å². The Morgan fingerprint density at radius 1 is 1.19 bits per heavy atom. The van der Waals surface area contributed by atoms with Gasteiger partial charge in [-0.2, -0.15) is 0 Å². The summed E-state index contributed by atoms with van der Waals surface area (Å²) in [7, 11) is 0. The molecule has 0 bridgehead atoms. The first-order valence-electron chi connectivity index (χ1n) is 13.5. The first-order valence-corrected chi connectivity index (χ1v) is 11.9. The van der Waals surface area contributed by atoms with E-state index in [2.05, 4.69) is 4.98 Å². The Balaban J connectivity index is 1.77. The van der Waals surface area contributed by atoms with Gasteiger partial charge in [0.1, 0.15) is 5.82 Å². The fourth-order valence-corrected chi connectivity index (χ4v) is 4.48. The molecular weight excluding hydrogens is 483 g/mol. The molecule has 2 aromatic carbocycles. The van der Waals surface area contributed by atoms with Crippen LogP contribution in [0.5, 0.6) is 0 Å².